The molecule has 0 spiro atoms. The highest BCUT2D eigenvalue weighted by atomic mass is 15.1. The number of aryl methyl sites for hydroxylation is 2. The Hall–Kier alpha value is -1.62. The van der Waals surface area contributed by atoms with Gasteiger partial charge in [-0.25, -0.2) is 9.97 Å². The monoisotopic (exact) mass is 259 g/mol. The molecule has 19 heavy (non-hydrogen) atoms. The van der Waals surface area contributed by atoms with Crippen LogP contribution in [0.15, 0.2) is 12.4 Å². The lowest BCUT2D eigenvalue weighted by molar-refractivity contribution is 0.373. The number of piperidine rings is 1. The summed E-state index contributed by atoms with van der Waals surface area (Å²) in [5.74, 6) is 2.02. The number of imidazole rings is 2. The predicted octanol–water partition coefficient (Wildman–Crippen LogP) is 2.07. The lowest BCUT2D eigenvalue weighted by Crippen LogP contribution is -2.31. The fourth-order valence-corrected chi connectivity index (χ4v) is 2.77. The molecule has 3 heterocycles. The molecule has 1 atom stereocenters. The molecule has 5 nitrogen and oxygen atoms in total. The van der Waals surface area contributed by atoms with Gasteiger partial charge in [-0.2, -0.15) is 0 Å². The average molecular weight is 259 g/mol. The van der Waals surface area contributed by atoms with E-state index in [-0.39, 0.29) is 0 Å². The molecule has 2 aromatic rings. The molecule has 0 aromatic carbocycles. The van der Waals surface area contributed by atoms with E-state index in [0.717, 1.165) is 42.5 Å². The summed E-state index contributed by atoms with van der Waals surface area (Å²) >= 11 is 0. The van der Waals surface area contributed by atoms with E-state index < -0.39 is 0 Å². The number of H-pyrrole nitrogens is 1. The van der Waals surface area contributed by atoms with Gasteiger partial charge in [-0.1, -0.05) is 6.92 Å². The Labute approximate surface area is 113 Å². The van der Waals surface area contributed by atoms with E-state index in [2.05, 4.69) is 44.9 Å². The summed E-state index contributed by atoms with van der Waals surface area (Å²) in [4.78, 5) is 12.5. The van der Waals surface area contributed by atoms with Crippen molar-refractivity contribution in [1.82, 2.24) is 24.8 Å². The molecule has 5 heteroatoms. The van der Waals surface area contributed by atoms with Gasteiger partial charge in [-0.15, -0.1) is 0 Å². The van der Waals surface area contributed by atoms with Gasteiger partial charge < -0.3 is 14.9 Å². The number of hydrogen-bond donors (Lipinski definition) is 2. The first-order valence-corrected chi connectivity index (χ1v) is 7.09. The summed E-state index contributed by atoms with van der Waals surface area (Å²) in [7, 11) is 0. The molecule has 0 radical (unpaired) electrons. The second kappa shape index (κ2) is 5.17. The normalized spacial score (nSPS) is 19.8. The molecule has 0 saturated carbocycles. The van der Waals surface area contributed by atoms with Gasteiger partial charge in [-0.3, -0.25) is 0 Å². The van der Waals surface area contributed by atoms with Crippen LogP contribution in [0.25, 0.3) is 11.5 Å². The minimum atomic E-state index is 0.493. The van der Waals surface area contributed by atoms with Crippen molar-refractivity contribution in [2.45, 2.75) is 39.2 Å². The number of aromatic nitrogens is 4. The highest BCUT2D eigenvalue weighted by Gasteiger charge is 2.20. The van der Waals surface area contributed by atoms with Gasteiger partial charge in [-0.05, 0) is 26.3 Å². The molecule has 0 bridgehead atoms. The van der Waals surface area contributed by atoms with Crippen LogP contribution < -0.4 is 5.32 Å². The van der Waals surface area contributed by atoms with Crippen molar-refractivity contribution >= 4 is 0 Å². The van der Waals surface area contributed by atoms with E-state index >= 15 is 0 Å². The van der Waals surface area contributed by atoms with Crippen LogP contribution in [-0.2, 0) is 6.42 Å². The quantitative estimate of drug-likeness (QED) is 0.887. The van der Waals surface area contributed by atoms with Crippen molar-refractivity contribution in [3.8, 4) is 11.5 Å². The number of nitrogens with one attached hydrogen (secondary N) is 2. The zero-order chi connectivity index (χ0) is 13.2. The molecular weight excluding hydrogens is 238 g/mol. The highest BCUT2D eigenvalue weighted by molar-refractivity contribution is 5.54. The summed E-state index contributed by atoms with van der Waals surface area (Å²) in [5, 5.41) is 3.46. The van der Waals surface area contributed by atoms with Gasteiger partial charge in [0.1, 0.15) is 11.5 Å². The molecule has 1 aliphatic rings. The molecule has 3 rings (SSSR count). The van der Waals surface area contributed by atoms with Crippen molar-refractivity contribution in [3.63, 3.8) is 0 Å². The lowest BCUT2D eigenvalue weighted by atomic mass is 10.1. The van der Waals surface area contributed by atoms with Crippen molar-refractivity contribution < 1.29 is 0 Å². The summed E-state index contributed by atoms with van der Waals surface area (Å²) < 4.78 is 2.27. The van der Waals surface area contributed by atoms with E-state index in [1.165, 1.54) is 12.8 Å². The summed E-state index contributed by atoms with van der Waals surface area (Å²) in [6, 6.07) is 0.493. The van der Waals surface area contributed by atoms with Crippen LogP contribution in [0, 0.1) is 6.92 Å². The lowest BCUT2D eigenvalue weighted by Gasteiger charge is -2.25. The molecular formula is C14H21N5. The molecule has 0 aliphatic carbocycles. The first kappa shape index (κ1) is 12.4. The third kappa shape index (κ3) is 2.30. The third-order valence-corrected chi connectivity index (χ3v) is 3.81. The Balaban J connectivity index is 1.96. The van der Waals surface area contributed by atoms with Crippen LogP contribution in [0.2, 0.25) is 0 Å². The summed E-state index contributed by atoms with van der Waals surface area (Å²) in [6.07, 6.45) is 7.31. The van der Waals surface area contributed by atoms with Crippen LogP contribution in [0.1, 0.15) is 37.3 Å². The molecule has 0 unspecified atom stereocenters. The largest absolute Gasteiger partial charge is 0.345 e. The fourth-order valence-electron chi connectivity index (χ4n) is 2.77. The van der Waals surface area contributed by atoms with Crippen LogP contribution >= 0.6 is 0 Å². The second-order valence-corrected chi connectivity index (χ2v) is 5.17. The minimum Gasteiger partial charge on any atom is -0.345 e. The van der Waals surface area contributed by atoms with Crippen molar-refractivity contribution in [1.29, 1.82) is 0 Å². The smallest absolute Gasteiger partial charge is 0.160 e. The van der Waals surface area contributed by atoms with E-state index in [0.29, 0.717) is 6.04 Å². The molecule has 1 aliphatic heterocycles. The maximum Gasteiger partial charge on any atom is 0.160 e. The van der Waals surface area contributed by atoms with Gasteiger partial charge in [0.25, 0.3) is 0 Å². The van der Waals surface area contributed by atoms with Gasteiger partial charge in [0, 0.05) is 37.1 Å². The fraction of sp³-hybridized carbons (Fsp3) is 0.571. The second-order valence-electron chi connectivity index (χ2n) is 5.17. The van der Waals surface area contributed by atoms with Crippen LogP contribution in [0.5, 0.6) is 0 Å². The standard InChI is InChI=1S/C14H21N5/c1-3-12-17-10(2)13(18-12)14-16-7-8-19(14)11-5-4-6-15-9-11/h7-8,11,15H,3-6,9H2,1-2H3,(H,17,18)/t11-/m1/s1. The molecule has 1 saturated heterocycles. The van der Waals surface area contributed by atoms with Gasteiger partial charge in [0.15, 0.2) is 5.82 Å². The molecule has 2 N–H and O–H groups in total. The first-order chi connectivity index (χ1) is 9.29. The number of rotatable bonds is 3. The Bertz CT molecular complexity index is 548. The maximum absolute atomic E-state index is 4.67. The Morgan fingerprint density at radius 1 is 1.47 bits per heavy atom. The van der Waals surface area contributed by atoms with Crippen LogP contribution in [0.3, 0.4) is 0 Å². The number of hydrogen-bond acceptors (Lipinski definition) is 3. The highest BCUT2D eigenvalue weighted by Crippen LogP contribution is 2.25. The van der Waals surface area contributed by atoms with Gasteiger partial charge >= 0.3 is 0 Å². The third-order valence-electron chi connectivity index (χ3n) is 3.81. The van der Waals surface area contributed by atoms with E-state index in [1.807, 2.05) is 6.20 Å². The Kier molecular flexibility index (Phi) is 3.38. The minimum absolute atomic E-state index is 0.493. The summed E-state index contributed by atoms with van der Waals surface area (Å²) in [6.45, 7) is 6.33. The van der Waals surface area contributed by atoms with Crippen molar-refractivity contribution in [3.05, 3.63) is 23.9 Å². The SMILES string of the molecule is CCc1nc(-c2nccn2[C@@H]2CCCNC2)c(C)[nH]1. The average Bonchev–Trinajstić information content (AvgIpc) is 3.05. The van der Waals surface area contributed by atoms with Crippen LogP contribution in [0.4, 0.5) is 0 Å². The number of aromatic amines is 1. The Morgan fingerprint density at radius 3 is 3.05 bits per heavy atom. The van der Waals surface area contributed by atoms with E-state index in [4.69, 9.17) is 0 Å². The molecule has 0 amide bonds. The molecule has 2 aromatic heterocycles. The summed E-state index contributed by atoms with van der Waals surface area (Å²) in [5.41, 5.74) is 2.10. The van der Waals surface area contributed by atoms with Crippen molar-refractivity contribution in [2.75, 3.05) is 13.1 Å². The number of nitrogens with zero attached hydrogens (tertiary/aromatic N) is 3. The zero-order valence-electron chi connectivity index (χ0n) is 11.6. The maximum atomic E-state index is 4.67. The van der Waals surface area contributed by atoms with E-state index in [9.17, 15) is 0 Å². The van der Waals surface area contributed by atoms with Gasteiger partial charge in [0.05, 0.1) is 0 Å². The van der Waals surface area contributed by atoms with E-state index in [1.54, 1.807) is 0 Å². The zero-order valence-corrected chi connectivity index (χ0v) is 11.6. The van der Waals surface area contributed by atoms with Gasteiger partial charge in [0.2, 0.25) is 0 Å². The van der Waals surface area contributed by atoms with Crippen LogP contribution in [-0.4, -0.2) is 32.6 Å². The predicted molar refractivity (Wildman–Crippen MR) is 75.1 cm³/mol. The first-order valence-electron chi connectivity index (χ1n) is 7.09. The molecule has 102 valence electrons. The molecule has 1 fully saturated rings. The topological polar surface area (TPSA) is 58.5 Å². The van der Waals surface area contributed by atoms with Crippen molar-refractivity contribution in [2.24, 2.45) is 0 Å². The Morgan fingerprint density at radius 2 is 2.37 bits per heavy atom.